The van der Waals surface area contributed by atoms with Crippen LogP contribution in [0.3, 0.4) is 0 Å². The second-order valence-electron chi connectivity index (χ2n) is 4.39. The molecule has 1 unspecified atom stereocenters. The quantitative estimate of drug-likeness (QED) is 0.409. The highest BCUT2D eigenvalue weighted by Gasteiger charge is 2.61. The second-order valence-corrected chi connectivity index (χ2v) is 4.39. The van der Waals surface area contributed by atoms with E-state index in [1.807, 2.05) is 0 Å². The summed E-state index contributed by atoms with van der Waals surface area (Å²) in [7, 11) is 0. The number of nitrogen functional groups attached to an aromatic ring is 1. The fourth-order valence-corrected chi connectivity index (χ4v) is 2.04. The molecule has 0 amide bonds. The van der Waals surface area contributed by atoms with Crippen LogP contribution in [0.5, 0.6) is 0 Å². The second kappa shape index (κ2) is 6.08. The summed E-state index contributed by atoms with van der Waals surface area (Å²) in [6, 6.07) is 2.32. The maximum atomic E-state index is 11.4. The van der Waals surface area contributed by atoms with E-state index in [1.54, 1.807) is 0 Å². The van der Waals surface area contributed by atoms with E-state index in [-0.39, 0.29) is 11.4 Å². The molecule has 1 aromatic rings. The number of carbonyl (C=O) groups is 4. The lowest BCUT2D eigenvalue weighted by Gasteiger charge is -2.28. The zero-order chi connectivity index (χ0) is 17.1. The van der Waals surface area contributed by atoms with Gasteiger partial charge >= 0.3 is 23.9 Å². The van der Waals surface area contributed by atoms with Gasteiger partial charge in [0.2, 0.25) is 0 Å². The topological polar surface area (TPSA) is 188 Å². The Balaban J connectivity index is 3.61. The summed E-state index contributed by atoms with van der Waals surface area (Å²) in [6.07, 6.45) is -0.0803. The molecule has 1 aromatic heterocycles. The lowest BCUT2D eigenvalue weighted by Crippen LogP contribution is -2.51. The van der Waals surface area contributed by atoms with Crippen molar-refractivity contribution in [3.8, 4) is 0 Å². The van der Waals surface area contributed by atoms with Crippen molar-refractivity contribution in [1.82, 2.24) is 4.98 Å². The van der Waals surface area contributed by atoms with Crippen LogP contribution in [-0.4, -0.2) is 49.3 Å². The molecule has 0 aliphatic rings. The van der Waals surface area contributed by atoms with Crippen LogP contribution in [0.25, 0.3) is 0 Å². The van der Waals surface area contributed by atoms with Crippen molar-refractivity contribution in [2.45, 2.75) is 12.3 Å². The fourth-order valence-electron chi connectivity index (χ4n) is 2.04. The number of carboxylic acid groups (broad SMARTS) is 4. The zero-order valence-electron chi connectivity index (χ0n) is 11.0. The van der Waals surface area contributed by atoms with Crippen molar-refractivity contribution in [1.29, 1.82) is 0 Å². The first kappa shape index (κ1) is 16.9. The minimum Gasteiger partial charge on any atom is -0.481 e. The van der Waals surface area contributed by atoms with Crippen LogP contribution in [0.1, 0.15) is 17.9 Å². The van der Waals surface area contributed by atoms with Crippen LogP contribution in [-0.2, 0) is 19.2 Å². The smallest absolute Gasteiger partial charge is 0.333 e. The minimum atomic E-state index is -3.36. The highest BCUT2D eigenvalue weighted by atomic mass is 16.4. The van der Waals surface area contributed by atoms with E-state index < -0.39 is 41.6 Å². The lowest BCUT2D eigenvalue weighted by molar-refractivity contribution is -0.178. The summed E-state index contributed by atoms with van der Waals surface area (Å²) < 4.78 is 0. The molecule has 0 aliphatic heterocycles. The molecule has 118 valence electrons. The van der Waals surface area contributed by atoms with Gasteiger partial charge < -0.3 is 26.2 Å². The molecule has 0 aromatic carbocycles. The molecule has 1 rings (SSSR count). The van der Waals surface area contributed by atoms with Crippen molar-refractivity contribution in [2.75, 3.05) is 5.73 Å². The van der Waals surface area contributed by atoms with Gasteiger partial charge in [-0.3, -0.25) is 19.2 Å². The molecule has 0 aliphatic carbocycles. The summed E-state index contributed by atoms with van der Waals surface area (Å²) in [5.41, 5.74) is 1.80. The first-order valence-corrected chi connectivity index (χ1v) is 5.77. The average molecular weight is 312 g/mol. The number of aromatic nitrogens is 1. The molecule has 0 fully saturated rings. The molecule has 0 saturated heterocycles. The highest BCUT2D eigenvalue weighted by Crippen LogP contribution is 2.40. The number of carboxylic acids is 4. The molecule has 0 radical (unpaired) electrons. The normalized spacial score (nSPS) is 12.4. The Morgan fingerprint density at radius 2 is 1.55 bits per heavy atom. The van der Waals surface area contributed by atoms with Gasteiger partial charge in [-0.1, -0.05) is 6.07 Å². The van der Waals surface area contributed by atoms with Crippen LogP contribution >= 0.6 is 0 Å². The number of anilines is 1. The van der Waals surface area contributed by atoms with Gasteiger partial charge in [0.05, 0.1) is 6.42 Å². The van der Waals surface area contributed by atoms with Crippen LogP contribution in [0.2, 0.25) is 0 Å². The largest absolute Gasteiger partial charge is 0.481 e. The fraction of sp³-hybridized carbons (Fsp3) is 0.250. The monoisotopic (exact) mass is 312 g/mol. The van der Waals surface area contributed by atoms with E-state index in [1.165, 1.54) is 6.07 Å². The van der Waals surface area contributed by atoms with E-state index in [4.69, 9.17) is 26.2 Å². The Bertz CT molecular complexity index is 588. The summed E-state index contributed by atoms with van der Waals surface area (Å²) in [4.78, 5) is 48.6. The number of hydrogen-bond acceptors (Lipinski definition) is 6. The maximum Gasteiger partial charge on any atom is 0.333 e. The standard InChI is InChI=1S/C12H12N2O8/c13-7-2-1-5(4-14-7)6(3-8(15)16)12(9(17)18,10(19)20)11(21)22/h1-2,4,6H,3H2,(H2,13,14)(H,15,16)(H,17,18)(H,19,20)(H,21,22). The Hall–Kier alpha value is -3.17. The number of hydrogen-bond donors (Lipinski definition) is 5. The van der Waals surface area contributed by atoms with Crippen molar-refractivity contribution in [2.24, 2.45) is 5.41 Å². The third kappa shape index (κ3) is 2.80. The van der Waals surface area contributed by atoms with Crippen molar-refractivity contribution < 1.29 is 39.6 Å². The van der Waals surface area contributed by atoms with Gasteiger partial charge in [0, 0.05) is 12.1 Å². The van der Waals surface area contributed by atoms with Crippen molar-refractivity contribution in [3.05, 3.63) is 23.9 Å². The number of nitrogens with zero attached hydrogens (tertiary/aromatic N) is 1. The summed E-state index contributed by atoms with van der Waals surface area (Å²) in [5.74, 6) is -9.98. The van der Waals surface area contributed by atoms with Crippen LogP contribution in [0, 0.1) is 5.41 Å². The molecule has 0 bridgehead atoms. The Labute approximate surface area is 122 Å². The summed E-state index contributed by atoms with van der Waals surface area (Å²) in [5, 5.41) is 36.4. The van der Waals surface area contributed by atoms with Crippen molar-refractivity contribution >= 4 is 29.7 Å². The Morgan fingerprint density at radius 3 is 1.86 bits per heavy atom. The molecular formula is C12H12N2O8. The predicted molar refractivity (Wildman–Crippen MR) is 69.0 cm³/mol. The zero-order valence-corrected chi connectivity index (χ0v) is 11.0. The third-order valence-corrected chi connectivity index (χ3v) is 3.13. The third-order valence-electron chi connectivity index (χ3n) is 3.13. The van der Waals surface area contributed by atoms with Gasteiger partial charge in [-0.15, -0.1) is 0 Å². The van der Waals surface area contributed by atoms with Gasteiger partial charge in [-0.05, 0) is 11.6 Å². The van der Waals surface area contributed by atoms with Crippen molar-refractivity contribution in [3.63, 3.8) is 0 Å². The van der Waals surface area contributed by atoms with Gasteiger partial charge in [0.25, 0.3) is 5.41 Å². The maximum absolute atomic E-state index is 11.4. The minimum absolute atomic E-state index is 0.0180. The van der Waals surface area contributed by atoms with E-state index in [9.17, 15) is 19.2 Å². The molecule has 6 N–H and O–H groups in total. The van der Waals surface area contributed by atoms with Gasteiger partial charge in [-0.2, -0.15) is 0 Å². The van der Waals surface area contributed by atoms with Crippen LogP contribution in [0.4, 0.5) is 5.82 Å². The van der Waals surface area contributed by atoms with Gasteiger partial charge in [0.1, 0.15) is 5.82 Å². The first-order chi connectivity index (χ1) is 10.1. The number of pyridine rings is 1. The summed E-state index contributed by atoms with van der Waals surface area (Å²) >= 11 is 0. The van der Waals surface area contributed by atoms with E-state index >= 15 is 0 Å². The van der Waals surface area contributed by atoms with E-state index in [2.05, 4.69) is 4.98 Å². The molecule has 0 spiro atoms. The Kier molecular flexibility index (Phi) is 4.66. The van der Waals surface area contributed by atoms with Gasteiger partial charge in [-0.25, -0.2) is 4.98 Å². The van der Waals surface area contributed by atoms with Gasteiger partial charge in [0.15, 0.2) is 0 Å². The molecule has 1 heterocycles. The first-order valence-electron chi connectivity index (χ1n) is 5.77. The van der Waals surface area contributed by atoms with Crippen LogP contribution in [0.15, 0.2) is 18.3 Å². The average Bonchev–Trinajstić information content (AvgIpc) is 2.37. The number of rotatable bonds is 7. The van der Waals surface area contributed by atoms with Crippen LogP contribution < -0.4 is 5.73 Å². The van der Waals surface area contributed by atoms with E-state index in [0.29, 0.717) is 0 Å². The molecule has 10 heteroatoms. The molecule has 0 saturated carbocycles. The molecule has 22 heavy (non-hydrogen) atoms. The molecule has 1 atom stereocenters. The van der Waals surface area contributed by atoms with E-state index in [0.717, 1.165) is 12.3 Å². The Morgan fingerprint density at radius 1 is 1.05 bits per heavy atom. The SMILES string of the molecule is Nc1ccc(C(CC(=O)O)C(C(=O)O)(C(=O)O)C(=O)O)cn1. The number of aliphatic carboxylic acids is 4. The summed E-state index contributed by atoms with van der Waals surface area (Å²) in [6.45, 7) is 0. The highest BCUT2D eigenvalue weighted by molar-refractivity contribution is 6.17. The molecular weight excluding hydrogens is 300 g/mol. The predicted octanol–water partition coefficient (Wildman–Crippen LogP) is -0.538. The number of nitrogens with two attached hydrogens (primary N) is 1. The lowest BCUT2D eigenvalue weighted by atomic mass is 9.70. The molecule has 10 nitrogen and oxygen atoms in total.